The number of para-hydroxylation sites is 1. The number of hydrogen-bond acceptors (Lipinski definition) is 2. The van der Waals surface area contributed by atoms with Crippen LogP contribution in [0.25, 0.3) is 0 Å². The molecule has 4 heteroatoms. The van der Waals surface area contributed by atoms with Crippen LogP contribution in [0.3, 0.4) is 0 Å². The minimum atomic E-state index is -0.440. The highest BCUT2D eigenvalue weighted by Crippen LogP contribution is 2.30. The van der Waals surface area contributed by atoms with Crippen molar-refractivity contribution in [2.24, 2.45) is 0 Å². The Morgan fingerprint density at radius 2 is 2.00 bits per heavy atom. The summed E-state index contributed by atoms with van der Waals surface area (Å²) in [6, 6.07) is 9.48. The Kier molecular flexibility index (Phi) is 3.96. The van der Waals surface area contributed by atoms with Crippen LogP contribution >= 0.6 is 11.6 Å². The monoisotopic (exact) mass is 279 g/mol. The molecule has 0 bridgehead atoms. The highest BCUT2D eigenvalue weighted by molar-refractivity contribution is 6.33. The van der Waals surface area contributed by atoms with E-state index in [1.54, 1.807) is 12.1 Å². The predicted octanol–water partition coefficient (Wildman–Crippen LogP) is 4.67. The molecule has 2 aromatic rings. The Labute approximate surface area is 116 Å². The van der Waals surface area contributed by atoms with Crippen molar-refractivity contribution in [3.63, 3.8) is 0 Å². The number of nitrogens with one attached hydrogen (secondary N) is 1. The molecule has 2 nitrogen and oxygen atoms in total. The Hall–Kier alpha value is -1.74. The van der Waals surface area contributed by atoms with E-state index < -0.39 is 5.82 Å². The minimum Gasteiger partial charge on any atom is -0.508 e. The van der Waals surface area contributed by atoms with E-state index in [0.717, 1.165) is 17.3 Å². The van der Waals surface area contributed by atoms with Gasteiger partial charge in [0.15, 0.2) is 0 Å². The second-order valence-corrected chi connectivity index (χ2v) is 4.91. The summed E-state index contributed by atoms with van der Waals surface area (Å²) in [5.41, 5.74) is 2.28. The molecule has 0 aliphatic rings. The maximum atomic E-state index is 13.8. The van der Waals surface area contributed by atoms with Gasteiger partial charge < -0.3 is 10.4 Å². The van der Waals surface area contributed by atoms with Crippen molar-refractivity contribution in [2.75, 3.05) is 5.32 Å². The second kappa shape index (κ2) is 5.49. The second-order valence-electron chi connectivity index (χ2n) is 4.50. The first-order valence-electron chi connectivity index (χ1n) is 5.99. The highest BCUT2D eigenvalue weighted by Gasteiger charge is 2.13. The number of aryl methyl sites for hydroxylation is 1. The van der Waals surface area contributed by atoms with Crippen molar-refractivity contribution in [1.29, 1.82) is 0 Å². The SMILES string of the molecule is Cc1cccc(Cl)c1NC(C)c1ccc(O)cc1F. The summed E-state index contributed by atoms with van der Waals surface area (Å²) in [4.78, 5) is 0. The lowest BCUT2D eigenvalue weighted by Crippen LogP contribution is -2.09. The molecule has 0 heterocycles. The number of halogens is 2. The van der Waals surface area contributed by atoms with Crippen molar-refractivity contribution in [1.82, 2.24) is 0 Å². The molecule has 19 heavy (non-hydrogen) atoms. The van der Waals surface area contributed by atoms with E-state index in [9.17, 15) is 9.50 Å². The van der Waals surface area contributed by atoms with E-state index in [4.69, 9.17) is 11.6 Å². The van der Waals surface area contributed by atoms with Gasteiger partial charge in [-0.3, -0.25) is 0 Å². The van der Waals surface area contributed by atoms with Crippen LogP contribution in [-0.2, 0) is 0 Å². The maximum absolute atomic E-state index is 13.8. The molecule has 0 aliphatic heterocycles. The van der Waals surface area contributed by atoms with Gasteiger partial charge in [-0.25, -0.2) is 4.39 Å². The zero-order valence-electron chi connectivity index (χ0n) is 10.7. The Morgan fingerprint density at radius 1 is 1.26 bits per heavy atom. The standard InChI is InChI=1S/C15H15ClFNO/c1-9-4-3-5-13(16)15(9)18-10(2)12-7-6-11(19)8-14(12)17/h3-8,10,18-19H,1-2H3. The largest absolute Gasteiger partial charge is 0.508 e. The van der Waals surface area contributed by atoms with Crippen LogP contribution in [0.15, 0.2) is 36.4 Å². The molecule has 2 rings (SSSR count). The van der Waals surface area contributed by atoms with Gasteiger partial charge in [0.25, 0.3) is 0 Å². The molecule has 100 valence electrons. The van der Waals surface area contributed by atoms with Gasteiger partial charge in [-0.1, -0.05) is 29.8 Å². The highest BCUT2D eigenvalue weighted by atomic mass is 35.5. The lowest BCUT2D eigenvalue weighted by atomic mass is 10.1. The first-order valence-corrected chi connectivity index (χ1v) is 6.37. The van der Waals surface area contributed by atoms with Crippen molar-refractivity contribution in [2.45, 2.75) is 19.9 Å². The van der Waals surface area contributed by atoms with Crippen molar-refractivity contribution in [3.05, 3.63) is 58.4 Å². The Morgan fingerprint density at radius 3 is 2.63 bits per heavy atom. The van der Waals surface area contributed by atoms with E-state index in [1.165, 1.54) is 6.07 Å². The van der Waals surface area contributed by atoms with Crippen LogP contribution in [0.5, 0.6) is 5.75 Å². The van der Waals surface area contributed by atoms with Crippen LogP contribution in [0.2, 0.25) is 5.02 Å². The first kappa shape index (κ1) is 13.7. The van der Waals surface area contributed by atoms with Crippen molar-refractivity contribution in [3.8, 4) is 5.75 Å². The van der Waals surface area contributed by atoms with Gasteiger partial charge >= 0.3 is 0 Å². The summed E-state index contributed by atoms with van der Waals surface area (Å²) < 4.78 is 13.8. The van der Waals surface area contributed by atoms with Gasteiger partial charge in [-0.05, 0) is 31.5 Å². The van der Waals surface area contributed by atoms with E-state index in [-0.39, 0.29) is 11.8 Å². The number of aromatic hydroxyl groups is 1. The maximum Gasteiger partial charge on any atom is 0.132 e. The van der Waals surface area contributed by atoms with Crippen LogP contribution < -0.4 is 5.32 Å². The average molecular weight is 280 g/mol. The molecule has 0 amide bonds. The summed E-state index contributed by atoms with van der Waals surface area (Å²) in [6.07, 6.45) is 0. The molecular weight excluding hydrogens is 265 g/mol. The smallest absolute Gasteiger partial charge is 0.132 e. The fourth-order valence-corrected chi connectivity index (χ4v) is 2.25. The molecule has 0 saturated heterocycles. The minimum absolute atomic E-state index is 0.0811. The van der Waals surface area contributed by atoms with Gasteiger partial charge in [0.2, 0.25) is 0 Å². The molecule has 0 aliphatic carbocycles. The molecule has 0 fully saturated rings. The normalized spacial score (nSPS) is 12.2. The number of phenols is 1. The summed E-state index contributed by atoms with van der Waals surface area (Å²) in [7, 11) is 0. The molecular formula is C15H15ClFNO. The molecule has 2 N–H and O–H groups in total. The van der Waals surface area contributed by atoms with Crippen LogP contribution in [0, 0.1) is 12.7 Å². The number of phenolic OH excluding ortho intramolecular Hbond substituents is 1. The zero-order chi connectivity index (χ0) is 14.0. The van der Waals surface area contributed by atoms with Crippen molar-refractivity contribution < 1.29 is 9.50 Å². The predicted molar refractivity (Wildman–Crippen MR) is 76.3 cm³/mol. The van der Waals surface area contributed by atoms with Gasteiger partial charge in [-0.2, -0.15) is 0 Å². The van der Waals surface area contributed by atoms with Crippen molar-refractivity contribution >= 4 is 17.3 Å². The lowest BCUT2D eigenvalue weighted by Gasteiger charge is -2.19. The fraction of sp³-hybridized carbons (Fsp3) is 0.200. The Bertz CT molecular complexity index is 580. The molecule has 0 aromatic heterocycles. The summed E-state index contributed by atoms with van der Waals surface area (Å²) >= 11 is 6.13. The fourth-order valence-electron chi connectivity index (χ4n) is 1.98. The lowest BCUT2D eigenvalue weighted by molar-refractivity contribution is 0.467. The van der Waals surface area contributed by atoms with Crippen LogP contribution in [-0.4, -0.2) is 5.11 Å². The van der Waals surface area contributed by atoms with E-state index in [2.05, 4.69) is 5.32 Å². The molecule has 0 radical (unpaired) electrons. The molecule has 1 unspecified atom stereocenters. The van der Waals surface area contributed by atoms with E-state index in [0.29, 0.717) is 10.6 Å². The summed E-state index contributed by atoms with van der Waals surface area (Å²) in [5, 5.41) is 13.0. The quantitative estimate of drug-likeness (QED) is 0.856. The summed E-state index contributed by atoms with van der Waals surface area (Å²) in [6.45, 7) is 3.78. The van der Waals surface area contributed by atoms with Gasteiger partial charge in [0.1, 0.15) is 11.6 Å². The molecule has 0 saturated carbocycles. The van der Waals surface area contributed by atoms with Gasteiger partial charge in [-0.15, -0.1) is 0 Å². The molecule has 0 spiro atoms. The number of anilines is 1. The summed E-state index contributed by atoms with van der Waals surface area (Å²) in [5.74, 6) is -0.521. The van der Waals surface area contributed by atoms with Crippen LogP contribution in [0.1, 0.15) is 24.1 Å². The number of rotatable bonds is 3. The van der Waals surface area contributed by atoms with Crippen LogP contribution in [0.4, 0.5) is 10.1 Å². The zero-order valence-corrected chi connectivity index (χ0v) is 11.5. The van der Waals surface area contributed by atoms with Gasteiger partial charge in [0.05, 0.1) is 16.8 Å². The first-order chi connectivity index (χ1) is 8.99. The topological polar surface area (TPSA) is 32.3 Å². The molecule has 2 aromatic carbocycles. The third kappa shape index (κ3) is 2.99. The number of hydrogen-bond donors (Lipinski definition) is 2. The van der Waals surface area contributed by atoms with E-state index in [1.807, 2.05) is 26.0 Å². The average Bonchev–Trinajstić information content (AvgIpc) is 2.33. The third-order valence-corrected chi connectivity index (χ3v) is 3.35. The number of benzene rings is 2. The Balaban J connectivity index is 2.28. The molecule has 1 atom stereocenters. The third-order valence-electron chi connectivity index (χ3n) is 3.03. The van der Waals surface area contributed by atoms with Gasteiger partial charge in [0, 0.05) is 11.6 Å². The van der Waals surface area contributed by atoms with E-state index >= 15 is 0 Å².